The Morgan fingerprint density at radius 3 is 2.62 bits per heavy atom. The number of nitrogens with two attached hydrogens (primary N) is 1. The summed E-state index contributed by atoms with van der Waals surface area (Å²) in [4.78, 5) is 11.3. The summed E-state index contributed by atoms with van der Waals surface area (Å²) < 4.78 is 0. The molecule has 0 bridgehead atoms. The third-order valence-corrected chi connectivity index (χ3v) is 2.59. The van der Waals surface area contributed by atoms with Gasteiger partial charge in [0.1, 0.15) is 0 Å². The Balaban J connectivity index is 2.67. The molecule has 0 heterocycles. The van der Waals surface area contributed by atoms with Gasteiger partial charge >= 0.3 is 0 Å². The van der Waals surface area contributed by atoms with E-state index in [1.807, 2.05) is 24.3 Å². The van der Waals surface area contributed by atoms with E-state index in [-0.39, 0.29) is 12.3 Å². The lowest BCUT2D eigenvalue weighted by Gasteiger charge is -2.07. The molecule has 0 amide bonds. The van der Waals surface area contributed by atoms with Gasteiger partial charge in [-0.05, 0) is 30.4 Å². The van der Waals surface area contributed by atoms with Crippen LogP contribution in [-0.4, -0.2) is 12.3 Å². The Kier molecular flexibility index (Phi) is 5.51. The predicted molar refractivity (Wildman–Crippen MR) is 67.3 cm³/mol. The molecule has 86 valence electrons. The molecule has 0 unspecified atom stereocenters. The second-order valence-corrected chi connectivity index (χ2v) is 3.87. The number of hydrogen-bond donors (Lipinski definition) is 1. The number of aryl methyl sites for hydroxylation is 1. The zero-order chi connectivity index (χ0) is 11.8. The highest BCUT2D eigenvalue weighted by atomic mass is 16.1. The molecule has 0 aliphatic carbocycles. The topological polar surface area (TPSA) is 43.1 Å². The first-order chi connectivity index (χ1) is 7.77. The van der Waals surface area contributed by atoms with Crippen LogP contribution in [-0.2, 0) is 17.6 Å². The Hall–Kier alpha value is -1.41. The van der Waals surface area contributed by atoms with Gasteiger partial charge in [0.25, 0.3) is 0 Å². The fourth-order valence-electron chi connectivity index (χ4n) is 1.70. The number of carbonyl (C=O) groups is 1. The first-order valence-electron chi connectivity index (χ1n) is 5.67. The lowest BCUT2D eigenvalue weighted by Crippen LogP contribution is -2.16. The van der Waals surface area contributed by atoms with Crippen LogP contribution >= 0.6 is 0 Å². The number of ketones is 1. The van der Waals surface area contributed by atoms with Crippen molar-refractivity contribution in [1.29, 1.82) is 0 Å². The zero-order valence-corrected chi connectivity index (χ0v) is 9.61. The molecule has 0 radical (unpaired) electrons. The Morgan fingerprint density at radius 2 is 2.00 bits per heavy atom. The zero-order valence-electron chi connectivity index (χ0n) is 9.61. The standard InChI is InChI=1S/C14H19NO/c1-2-3-4-7-12-8-5-6-9-13(12)10-14(16)11-15/h2,5-6,8-9H,1,3-4,7,10-11,15H2. The second kappa shape index (κ2) is 6.96. The highest BCUT2D eigenvalue weighted by molar-refractivity contribution is 5.82. The summed E-state index contributed by atoms with van der Waals surface area (Å²) in [5.41, 5.74) is 7.70. The van der Waals surface area contributed by atoms with Gasteiger partial charge < -0.3 is 5.73 Å². The lowest BCUT2D eigenvalue weighted by atomic mass is 9.98. The molecule has 2 N–H and O–H groups in total. The van der Waals surface area contributed by atoms with Crippen LogP contribution in [0.5, 0.6) is 0 Å². The van der Waals surface area contributed by atoms with Gasteiger partial charge in [-0.2, -0.15) is 0 Å². The minimum atomic E-state index is 0.0937. The van der Waals surface area contributed by atoms with Crippen molar-refractivity contribution in [3.05, 3.63) is 48.0 Å². The molecule has 0 atom stereocenters. The van der Waals surface area contributed by atoms with E-state index in [0.717, 1.165) is 24.8 Å². The van der Waals surface area contributed by atoms with E-state index in [9.17, 15) is 4.79 Å². The third kappa shape index (κ3) is 3.99. The third-order valence-electron chi connectivity index (χ3n) is 2.59. The number of allylic oxidation sites excluding steroid dienone is 1. The van der Waals surface area contributed by atoms with Crippen LogP contribution in [0.3, 0.4) is 0 Å². The van der Waals surface area contributed by atoms with Crippen molar-refractivity contribution < 1.29 is 4.79 Å². The lowest BCUT2D eigenvalue weighted by molar-refractivity contribution is -0.117. The maximum atomic E-state index is 11.3. The number of carbonyl (C=O) groups excluding carboxylic acids is 1. The van der Waals surface area contributed by atoms with Gasteiger partial charge in [-0.15, -0.1) is 6.58 Å². The second-order valence-electron chi connectivity index (χ2n) is 3.87. The average molecular weight is 217 g/mol. The number of unbranched alkanes of at least 4 members (excludes halogenated alkanes) is 1. The summed E-state index contributed by atoms with van der Waals surface area (Å²) in [6.45, 7) is 3.83. The van der Waals surface area contributed by atoms with Gasteiger partial charge in [-0.25, -0.2) is 0 Å². The van der Waals surface area contributed by atoms with Crippen molar-refractivity contribution in [2.75, 3.05) is 6.54 Å². The maximum absolute atomic E-state index is 11.3. The molecule has 0 aliphatic rings. The molecule has 0 spiro atoms. The maximum Gasteiger partial charge on any atom is 0.150 e. The van der Waals surface area contributed by atoms with Crippen LogP contribution in [0, 0.1) is 0 Å². The van der Waals surface area contributed by atoms with Gasteiger partial charge in [-0.1, -0.05) is 30.3 Å². The number of hydrogen-bond acceptors (Lipinski definition) is 2. The summed E-state index contributed by atoms with van der Waals surface area (Å²) in [7, 11) is 0. The SMILES string of the molecule is C=CCCCc1ccccc1CC(=O)CN. The van der Waals surface area contributed by atoms with Crippen molar-refractivity contribution in [3.8, 4) is 0 Å². The van der Waals surface area contributed by atoms with Crippen molar-refractivity contribution in [3.63, 3.8) is 0 Å². The molecule has 0 aromatic heterocycles. The van der Waals surface area contributed by atoms with Crippen molar-refractivity contribution in [2.45, 2.75) is 25.7 Å². The number of benzene rings is 1. The van der Waals surface area contributed by atoms with Gasteiger partial charge in [0.15, 0.2) is 5.78 Å². The van der Waals surface area contributed by atoms with E-state index in [1.54, 1.807) is 0 Å². The minimum Gasteiger partial charge on any atom is -0.324 e. The molecule has 2 heteroatoms. The average Bonchev–Trinajstić information content (AvgIpc) is 2.31. The van der Waals surface area contributed by atoms with E-state index >= 15 is 0 Å². The molecule has 16 heavy (non-hydrogen) atoms. The quantitative estimate of drug-likeness (QED) is 0.562. The van der Waals surface area contributed by atoms with Crippen LogP contribution in [0.4, 0.5) is 0 Å². The molecule has 0 saturated carbocycles. The van der Waals surface area contributed by atoms with Crippen LogP contribution in [0.1, 0.15) is 24.0 Å². The minimum absolute atomic E-state index is 0.0937. The first kappa shape index (κ1) is 12.7. The number of rotatable bonds is 7. The van der Waals surface area contributed by atoms with Gasteiger partial charge in [0.2, 0.25) is 0 Å². The molecular weight excluding hydrogens is 198 g/mol. The fraction of sp³-hybridized carbons (Fsp3) is 0.357. The molecule has 0 fully saturated rings. The Morgan fingerprint density at radius 1 is 1.31 bits per heavy atom. The van der Waals surface area contributed by atoms with E-state index < -0.39 is 0 Å². The summed E-state index contributed by atoms with van der Waals surface area (Å²) >= 11 is 0. The Bertz CT molecular complexity index is 358. The normalized spacial score (nSPS) is 10.1. The molecular formula is C14H19NO. The molecule has 0 saturated heterocycles. The van der Waals surface area contributed by atoms with E-state index in [2.05, 4.69) is 12.6 Å². The summed E-state index contributed by atoms with van der Waals surface area (Å²) in [6, 6.07) is 8.08. The summed E-state index contributed by atoms with van der Waals surface area (Å²) in [6.07, 6.45) is 5.48. The molecule has 0 aliphatic heterocycles. The summed E-state index contributed by atoms with van der Waals surface area (Å²) in [5.74, 6) is 0.0937. The van der Waals surface area contributed by atoms with Crippen LogP contribution in [0.25, 0.3) is 0 Å². The predicted octanol–water partition coefficient (Wildman–Crippen LogP) is 2.27. The van der Waals surface area contributed by atoms with Crippen LogP contribution < -0.4 is 5.73 Å². The highest BCUT2D eigenvalue weighted by Gasteiger charge is 2.05. The van der Waals surface area contributed by atoms with Crippen LogP contribution in [0.15, 0.2) is 36.9 Å². The van der Waals surface area contributed by atoms with Crippen molar-refractivity contribution in [2.24, 2.45) is 5.73 Å². The van der Waals surface area contributed by atoms with E-state index in [0.29, 0.717) is 6.42 Å². The van der Waals surface area contributed by atoms with E-state index in [1.165, 1.54) is 5.56 Å². The smallest absolute Gasteiger partial charge is 0.150 e. The van der Waals surface area contributed by atoms with Gasteiger partial charge in [-0.3, -0.25) is 4.79 Å². The number of Topliss-reactive ketones (excluding diaryl/α,β-unsaturated/α-hetero) is 1. The largest absolute Gasteiger partial charge is 0.324 e. The van der Waals surface area contributed by atoms with Gasteiger partial charge in [0, 0.05) is 6.42 Å². The first-order valence-corrected chi connectivity index (χ1v) is 5.67. The Labute approximate surface area is 97.2 Å². The molecule has 1 aromatic carbocycles. The van der Waals surface area contributed by atoms with Gasteiger partial charge in [0.05, 0.1) is 6.54 Å². The van der Waals surface area contributed by atoms with Crippen LogP contribution in [0.2, 0.25) is 0 Å². The highest BCUT2D eigenvalue weighted by Crippen LogP contribution is 2.13. The fourth-order valence-corrected chi connectivity index (χ4v) is 1.70. The molecule has 1 aromatic rings. The molecule has 2 nitrogen and oxygen atoms in total. The van der Waals surface area contributed by atoms with E-state index in [4.69, 9.17) is 5.73 Å². The monoisotopic (exact) mass is 217 g/mol. The molecule has 1 rings (SSSR count). The van der Waals surface area contributed by atoms with Crippen molar-refractivity contribution in [1.82, 2.24) is 0 Å². The summed E-state index contributed by atoms with van der Waals surface area (Å²) in [5, 5.41) is 0. The van der Waals surface area contributed by atoms with Crippen molar-refractivity contribution >= 4 is 5.78 Å².